The Hall–Kier alpha value is -1.71. The number of nitrogens with two attached hydrogens (primary N) is 1. The molecule has 0 spiro atoms. The Balaban J connectivity index is 2.98. The lowest BCUT2D eigenvalue weighted by atomic mass is 10.4. The van der Waals surface area contributed by atoms with Crippen molar-refractivity contribution in [2.24, 2.45) is 0 Å². The summed E-state index contributed by atoms with van der Waals surface area (Å²) in [5, 5.41) is 11.7. The van der Waals surface area contributed by atoms with Crippen LogP contribution in [0.4, 0.5) is 19.0 Å². The standard InChI is InChI=1S/C7H7F3N4/c8-7(9,10)5-4-6(12)13-14(5)3-1-2-11/h4H,1,3H2,(H2,12,13). The summed E-state index contributed by atoms with van der Waals surface area (Å²) in [7, 11) is 0. The molecule has 0 aliphatic heterocycles. The van der Waals surface area contributed by atoms with Gasteiger partial charge in [-0.05, 0) is 0 Å². The van der Waals surface area contributed by atoms with Crippen molar-refractivity contribution in [3.8, 4) is 6.07 Å². The van der Waals surface area contributed by atoms with E-state index in [-0.39, 0.29) is 18.8 Å². The molecule has 0 radical (unpaired) electrons. The first kappa shape index (κ1) is 10.4. The van der Waals surface area contributed by atoms with Gasteiger partial charge in [-0.2, -0.15) is 23.5 Å². The lowest BCUT2D eigenvalue weighted by Crippen LogP contribution is -2.14. The zero-order valence-electron chi connectivity index (χ0n) is 7.04. The molecule has 0 aromatic carbocycles. The lowest BCUT2D eigenvalue weighted by Gasteiger charge is -2.07. The van der Waals surface area contributed by atoms with Crippen LogP contribution in [0.3, 0.4) is 0 Å². The number of nitrogen functional groups attached to an aromatic ring is 1. The number of alkyl halides is 3. The number of nitrogens with zero attached hydrogens (tertiary/aromatic N) is 3. The average molecular weight is 204 g/mol. The molecule has 0 aliphatic rings. The molecule has 0 aliphatic carbocycles. The fourth-order valence-corrected chi connectivity index (χ4v) is 0.991. The maximum Gasteiger partial charge on any atom is 0.433 e. The fourth-order valence-electron chi connectivity index (χ4n) is 0.991. The highest BCUT2D eigenvalue weighted by molar-refractivity contribution is 5.30. The van der Waals surface area contributed by atoms with Gasteiger partial charge in [-0.1, -0.05) is 0 Å². The van der Waals surface area contributed by atoms with Crippen LogP contribution in [0, 0.1) is 11.3 Å². The molecule has 0 atom stereocenters. The van der Waals surface area contributed by atoms with E-state index in [2.05, 4.69) is 5.10 Å². The van der Waals surface area contributed by atoms with Crippen LogP contribution in [0.1, 0.15) is 12.1 Å². The third-order valence-corrected chi connectivity index (χ3v) is 1.52. The van der Waals surface area contributed by atoms with Crippen LogP contribution in [0.15, 0.2) is 6.07 Å². The molecule has 1 aromatic rings. The van der Waals surface area contributed by atoms with Gasteiger partial charge in [0.1, 0.15) is 11.5 Å². The number of hydrogen-bond donors (Lipinski definition) is 1. The Morgan fingerprint density at radius 1 is 1.57 bits per heavy atom. The summed E-state index contributed by atoms with van der Waals surface area (Å²) in [5.41, 5.74) is 4.21. The van der Waals surface area contributed by atoms with Crippen LogP contribution in [0.25, 0.3) is 0 Å². The summed E-state index contributed by atoms with van der Waals surface area (Å²) in [6.45, 7) is -0.109. The van der Waals surface area contributed by atoms with Crippen molar-refractivity contribution in [1.82, 2.24) is 9.78 Å². The van der Waals surface area contributed by atoms with Crippen LogP contribution in [-0.2, 0) is 12.7 Å². The molecule has 1 aromatic heterocycles. The van der Waals surface area contributed by atoms with Crippen LogP contribution >= 0.6 is 0 Å². The van der Waals surface area contributed by atoms with Gasteiger partial charge in [0.15, 0.2) is 0 Å². The van der Waals surface area contributed by atoms with E-state index < -0.39 is 11.9 Å². The van der Waals surface area contributed by atoms with Crippen molar-refractivity contribution in [2.75, 3.05) is 5.73 Å². The molecule has 1 rings (SSSR count). The summed E-state index contributed by atoms with van der Waals surface area (Å²) in [6.07, 6.45) is -4.52. The highest BCUT2D eigenvalue weighted by Crippen LogP contribution is 2.30. The van der Waals surface area contributed by atoms with Crippen LogP contribution in [0.2, 0.25) is 0 Å². The van der Waals surface area contributed by atoms with Gasteiger partial charge < -0.3 is 5.73 Å². The van der Waals surface area contributed by atoms with E-state index in [1.54, 1.807) is 6.07 Å². The Kier molecular flexibility index (Phi) is 2.65. The predicted molar refractivity (Wildman–Crippen MR) is 41.9 cm³/mol. The van der Waals surface area contributed by atoms with Gasteiger partial charge in [0.05, 0.1) is 19.0 Å². The summed E-state index contributed by atoms with van der Waals surface area (Å²) in [5.74, 6) is -0.199. The van der Waals surface area contributed by atoms with E-state index in [0.717, 1.165) is 6.07 Å². The minimum atomic E-state index is -4.49. The van der Waals surface area contributed by atoms with E-state index >= 15 is 0 Å². The molecular weight excluding hydrogens is 197 g/mol. The number of rotatable bonds is 2. The first-order chi connectivity index (χ1) is 6.45. The maximum absolute atomic E-state index is 12.3. The summed E-state index contributed by atoms with van der Waals surface area (Å²) >= 11 is 0. The van der Waals surface area contributed by atoms with Crippen LogP contribution < -0.4 is 5.73 Å². The summed E-state index contributed by atoms with van der Waals surface area (Å²) in [4.78, 5) is 0. The monoisotopic (exact) mass is 204 g/mol. The van der Waals surface area contributed by atoms with E-state index in [9.17, 15) is 13.2 Å². The van der Waals surface area contributed by atoms with Gasteiger partial charge >= 0.3 is 6.18 Å². The zero-order chi connectivity index (χ0) is 10.8. The number of aryl methyl sites for hydroxylation is 1. The second-order valence-electron chi connectivity index (χ2n) is 2.58. The predicted octanol–water partition coefficient (Wildman–Crippen LogP) is 1.40. The van der Waals surface area contributed by atoms with Crippen molar-refractivity contribution >= 4 is 5.82 Å². The second-order valence-corrected chi connectivity index (χ2v) is 2.58. The van der Waals surface area contributed by atoms with Crippen LogP contribution in [0.5, 0.6) is 0 Å². The van der Waals surface area contributed by atoms with Crippen molar-refractivity contribution in [3.05, 3.63) is 11.8 Å². The second kappa shape index (κ2) is 3.57. The number of halogens is 3. The Morgan fingerprint density at radius 3 is 2.71 bits per heavy atom. The van der Waals surface area contributed by atoms with Crippen LogP contribution in [-0.4, -0.2) is 9.78 Å². The smallest absolute Gasteiger partial charge is 0.382 e. The van der Waals surface area contributed by atoms with E-state index in [0.29, 0.717) is 4.68 Å². The van der Waals surface area contributed by atoms with E-state index in [1.807, 2.05) is 0 Å². The van der Waals surface area contributed by atoms with Crippen molar-refractivity contribution in [1.29, 1.82) is 5.26 Å². The van der Waals surface area contributed by atoms with Crippen molar-refractivity contribution in [3.63, 3.8) is 0 Å². The Bertz CT molecular complexity index is 360. The Morgan fingerprint density at radius 2 is 2.21 bits per heavy atom. The summed E-state index contributed by atoms with van der Waals surface area (Å²) < 4.78 is 37.6. The quantitative estimate of drug-likeness (QED) is 0.791. The molecule has 76 valence electrons. The molecule has 0 saturated carbocycles. The molecule has 0 saturated heterocycles. The molecule has 4 nitrogen and oxygen atoms in total. The topological polar surface area (TPSA) is 67.6 Å². The highest BCUT2D eigenvalue weighted by atomic mass is 19.4. The van der Waals surface area contributed by atoms with Gasteiger partial charge in [0.2, 0.25) is 0 Å². The van der Waals surface area contributed by atoms with Gasteiger partial charge in [0, 0.05) is 6.07 Å². The molecule has 0 unspecified atom stereocenters. The van der Waals surface area contributed by atoms with Gasteiger partial charge in [-0.3, -0.25) is 4.68 Å². The average Bonchev–Trinajstić information content (AvgIpc) is 2.42. The van der Waals surface area contributed by atoms with E-state index in [4.69, 9.17) is 11.0 Å². The molecule has 14 heavy (non-hydrogen) atoms. The SMILES string of the molecule is N#CCCn1nc(N)cc1C(F)(F)F. The van der Waals surface area contributed by atoms with Crippen molar-refractivity contribution < 1.29 is 13.2 Å². The highest BCUT2D eigenvalue weighted by Gasteiger charge is 2.35. The van der Waals surface area contributed by atoms with Gasteiger partial charge in [0.25, 0.3) is 0 Å². The fraction of sp³-hybridized carbons (Fsp3) is 0.429. The normalized spacial score (nSPS) is 11.3. The lowest BCUT2D eigenvalue weighted by molar-refractivity contribution is -0.144. The van der Waals surface area contributed by atoms with Crippen molar-refractivity contribution in [2.45, 2.75) is 19.1 Å². The number of anilines is 1. The molecular formula is C7H7F3N4. The third kappa shape index (κ3) is 2.16. The summed E-state index contributed by atoms with van der Waals surface area (Å²) in [6, 6.07) is 2.48. The molecule has 7 heteroatoms. The third-order valence-electron chi connectivity index (χ3n) is 1.52. The minimum absolute atomic E-state index is 0.0375. The van der Waals surface area contributed by atoms with Gasteiger partial charge in [-0.15, -0.1) is 0 Å². The van der Waals surface area contributed by atoms with E-state index in [1.165, 1.54) is 0 Å². The van der Waals surface area contributed by atoms with Gasteiger partial charge in [-0.25, -0.2) is 0 Å². The first-order valence-corrected chi connectivity index (χ1v) is 3.72. The largest absolute Gasteiger partial charge is 0.433 e. The molecule has 0 amide bonds. The first-order valence-electron chi connectivity index (χ1n) is 3.72. The number of nitriles is 1. The number of hydrogen-bond acceptors (Lipinski definition) is 3. The number of aromatic nitrogens is 2. The maximum atomic E-state index is 12.3. The molecule has 2 N–H and O–H groups in total. The molecule has 0 fully saturated rings. The Labute approximate surface area is 77.7 Å². The zero-order valence-corrected chi connectivity index (χ0v) is 7.04. The minimum Gasteiger partial charge on any atom is -0.382 e. The molecule has 0 bridgehead atoms. The molecule has 1 heterocycles.